The van der Waals surface area contributed by atoms with Crippen LogP contribution in [0.5, 0.6) is 0 Å². The highest BCUT2D eigenvalue weighted by Gasteiger charge is 2.40. The molecule has 2 aromatic rings. The van der Waals surface area contributed by atoms with E-state index >= 15 is 0 Å². The third-order valence-electron chi connectivity index (χ3n) is 4.30. The van der Waals surface area contributed by atoms with Crippen LogP contribution in [0, 0.1) is 19.3 Å². The van der Waals surface area contributed by atoms with Gasteiger partial charge in [-0.1, -0.05) is 6.92 Å². The van der Waals surface area contributed by atoms with Gasteiger partial charge >= 0.3 is 0 Å². The molecule has 0 aliphatic heterocycles. The monoisotopic (exact) mass is 261 g/mol. The lowest BCUT2D eigenvalue weighted by atomic mass is 10.0. The average Bonchev–Trinajstić information content (AvgIpc) is 3.10. The molecule has 0 spiro atoms. The Labute approximate surface area is 112 Å². The smallest absolute Gasteiger partial charge is 0.138 e. The van der Waals surface area contributed by atoms with E-state index < -0.39 is 0 Å². The van der Waals surface area contributed by atoms with Crippen molar-refractivity contribution in [2.45, 2.75) is 40.0 Å². The minimum Gasteiger partial charge on any atom is -0.369 e. The molecule has 3 nitrogen and oxygen atoms in total. The average molecular weight is 261 g/mol. The van der Waals surface area contributed by atoms with Gasteiger partial charge in [-0.15, -0.1) is 11.3 Å². The van der Waals surface area contributed by atoms with E-state index in [1.165, 1.54) is 35.1 Å². The molecule has 0 atom stereocenters. The number of aryl methyl sites for hydroxylation is 2. The van der Waals surface area contributed by atoms with Gasteiger partial charge in [0.1, 0.15) is 17.0 Å². The normalized spacial score (nSPS) is 17.1. The molecule has 4 heteroatoms. The van der Waals surface area contributed by atoms with Gasteiger partial charge in [-0.3, -0.25) is 0 Å². The summed E-state index contributed by atoms with van der Waals surface area (Å²) in [7, 11) is 0. The molecular formula is C14H19N3S. The summed E-state index contributed by atoms with van der Waals surface area (Å²) in [6.45, 7) is 7.64. The van der Waals surface area contributed by atoms with E-state index in [1.54, 1.807) is 17.7 Å². The number of hydrogen-bond acceptors (Lipinski definition) is 4. The topological polar surface area (TPSA) is 37.8 Å². The van der Waals surface area contributed by atoms with Gasteiger partial charge in [-0.05, 0) is 44.1 Å². The number of rotatable bonds is 4. The Bertz CT molecular complexity index is 584. The number of nitrogens with one attached hydrogen (secondary N) is 1. The first-order valence-corrected chi connectivity index (χ1v) is 7.41. The molecule has 2 aromatic heterocycles. The largest absolute Gasteiger partial charge is 0.369 e. The van der Waals surface area contributed by atoms with Gasteiger partial charge in [0.25, 0.3) is 0 Å². The summed E-state index contributed by atoms with van der Waals surface area (Å²) in [5.41, 5.74) is 1.86. The van der Waals surface area contributed by atoms with Crippen molar-refractivity contribution in [2.75, 3.05) is 11.9 Å². The molecule has 18 heavy (non-hydrogen) atoms. The summed E-state index contributed by atoms with van der Waals surface area (Å²) in [6, 6.07) is 0. The zero-order chi connectivity index (χ0) is 12.8. The quantitative estimate of drug-likeness (QED) is 0.906. The van der Waals surface area contributed by atoms with Crippen LogP contribution in [0.2, 0.25) is 0 Å². The number of nitrogens with zero attached hydrogens (tertiary/aromatic N) is 2. The van der Waals surface area contributed by atoms with Crippen molar-refractivity contribution in [3.05, 3.63) is 16.8 Å². The van der Waals surface area contributed by atoms with Crippen LogP contribution in [-0.2, 0) is 0 Å². The van der Waals surface area contributed by atoms with Gasteiger partial charge in [0.2, 0.25) is 0 Å². The first-order valence-electron chi connectivity index (χ1n) is 6.60. The van der Waals surface area contributed by atoms with Gasteiger partial charge in [0.05, 0.1) is 5.39 Å². The summed E-state index contributed by atoms with van der Waals surface area (Å²) in [5.74, 6) is 1.02. The van der Waals surface area contributed by atoms with Gasteiger partial charge in [0.15, 0.2) is 0 Å². The van der Waals surface area contributed by atoms with E-state index in [2.05, 4.69) is 36.1 Å². The highest BCUT2D eigenvalue weighted by molar-refractivity contribution is 7.18. The molecule has 1 fully saturated rings. The molecule has 0 saturated heterocycles. The van der Waals surface area contributed by atoms with Gasteiger partial charge < -0.3 is 5.32 Å². The lowest BCUT2D eigenvalue weighted by molar-refractivity contribution is 0.521. The molecule has 0 aromatic carbocycles. The van der Waals surface area contributed by atoms with Crippen LogP contribution in [0.4, 0.5) is 5.82 Å². The molecule has 96 valence electrons. The standard InChI is InChI=1S/C14H19N3S/c1-4-14(5-6-14)7-15-12-11-9(2)10(3)18-13(11)17-8-16-12/h8H,4-7H2,1-3H3,(H,15,16,17). The first kappa shape index (κ1) is 11.9. The second-order valence-corrected chi connectivity index (χ2v) is 6.60. The van der Waals surface area contributed by atoms with Crippen molar-refractivity contribution in [3.63, 3.8) is 0 Å². The highest BCUT2D eigenvalue weighted by atomic mass is 32.1. The molecule has 1 N–H and O–H groups in total. The molecule has 0 amide bonds. The van der Waals surface area contributed by atoms with Crippen LogP contribution in [0.3, 0.4) is 0 Å². The Balaban J connectivity index is 1.91. The predicted molar refractivity (Wildman–Crippen MR) is 77.3 cm³/mol. The van der Waals surface area contributed by atoms with E-state index in [9.17, 15) is 0 Å². The number of thiophene rings is 1. The van der Waals surface area contributed by atoms with E-state index in [0.717, 1.165) is 17.2 Å². The minimum atomic E-state index is 0.538. The molecule has 0 unspecified atom stereocenters. The maximum atomic E-state index is 4.43. The molecule has 2 heterocycles. The lowest BCUT2D eigenvalue weighted by Crippen LogP contribution is -2.15. The second-order valence-electron chi connectivity index (χ2n) is 5.39. The zero-order valence-electron chi connectivity index (χ0n) is 11.2. The molecule has 0 radical (unpaired) electrons. The first-order chi connectivity index (χ1) is 8.65. The van der Waals surface area contributed by atoms with Gasteiger partial charge in [-0.25, -0.2) is 9.97 Å². The number of fused-ring (bicyclic) bond motifs is 1. The number of aromatic nitrogens is 2. The summed E-state index contributed by atoms with van der Waals surface area (Å²) < 4.78 is 0. The minimum absolute atomic E-state index is 0.538. The SMILES string of the molecule is CCC1(CNc2ncnc3sc(C)c(C)c23)CC1. The Morgan fingerprint density at radius 2 is 2.11 bits per heavy atom. The van der Waals surface area contributed by atoms with Crippen molar-refractivity contribution >= 4 is 27.4 Å². The van der Waals surface area contributed by atoms with Gasteiger partial charge in [0, 0.05) is 11.4 Å². The fourth-order valence-electron chi connectivity index (χ4n) is 2.42. The summed E-state index contributed by atoms with van der Waals surface area (Å²) in [5, 5.41) is 4.77. The Hall–Kier alpha value is -1.16. The number of anilines is 1. The molecule has 0 bridgehead atoms. The van der Waals surface area contributed by atoms with Crippen molar-refractivity contribution in [1.29, 1.82) is 0 Å². The van der Waals surface area contributed by atoms with Crippen LogP contribution < -0.4 is 5.32 Å². The lowest BCUT2D eigenvalue weighted by Gasteiger charge is -2.14. The maximum Gasteiger partial charge on any atom is 0.138 e. The predicted octanol–water partition coefficient (Wildman–Crippen LogP) is 3.91. The van der Waals surface area contributed by atoms with Crippen LogP contribution in [0.1, 0.15) is 36.6 Å². The van der Waals surface area contributed by atoms with E-state index in [1.807, 2.05) is 0 Å². The second kappa shape index (κ2) is 4.19. The van der Waals surface area contributed by atoms with Crippen LogP contribution in [0.15, 0.2) is 6.33 Å². The molecule has 1 aliphatic rings. The fourth-order valence-corrected chi connectivity index (χ4v) is 3.42. The third-order valence-corrected chi connectivity index (χ3v) is 5.42. The van der Waals surface area contributed by atoms with Crippen molar-refractivity contribution in [1.82, 2.24) is 9.97 Å². The summed E-state index contributed by atoms with van der Waals surface area (Å²) in [4.78, 5) is 11.2. The summed E-state index contributed by atoms with van der Waals surface area (Å²) in [6.07, 6.45) is 5.64. The highest BCUT2D eigenvalue weighted by Crippen LogP contribution is 2.48. The maximum absolute atomic E-state index is 4.43. The van der Waals surface area contributed by atoms with Crippen molar-refractivity contribution in [3.8, 4) is 0 Å². The number of hydrogen-bond donors (Lipinski definition) is 1. The van der Waals surface area contributed by atoms with Crippen LogP contribution in [0.25, 0.3) is 10.2 Å². The molecule has 1 saturated carbocycles. The van der Waals surface area contributed by atoms with Crippen LogP contribution in [-0.4, -0.2) is 16.5 Å². The van der Waals surface area contributed by atoms with E-state index in [0.29, 0.717) is 5.41 Å². The Kier molecular flexibility index (Phi) is 2.77. The molecule has 3 rings (SSSR count). The van der Waals surface area contributed by atoms with Crippen molar-refractivity contribution in [2.24, 2.45) is 5.41 Å². The summed E-state index contributed by atoms with van der Waals surface area (Å²) >= 11 is 1.76. The van der Waals surface area contributed by atoms with E-state index in [4.69, 9.17) is 0 Å². The Morgan fingerprint density at radius 1 is 1.33 bits per heavy atom. The van der Waals surface area contributed by atoms with Crippen LogP contribution >= 0.6 is 11.3 Å². The molecule has 1 aliphatic carbocycles. The van der Waals surface area contributed by atoms with E-state index in [-0.39, 0.29) is 0 Å². The molecular weight excluding hydrogens is 242 g/mol. The van der Waals surface area contributed by atoms with Crippen molar-refractivity contribution < 1.29 is 0 Å². The zero-order valence-corrected chi connectivity index (χ0v) is 12.0. The fraction of sp³-hybridized carbons (Fsp3) is 0.571. The Morgan fingerprint density at radius 3 is 2.78 bits per heavy atom. The third kappa shape index (κ3) is 1.88. The van der Waals surface area contributed by atoms with Gasteiger partial charge in [-0.2, -0.15) is 0 Å².